The molecule has 0 bridgehead atoms. The van der Waals surface area contributed by atoms with Gasteiger partial charge in [0.1, 0.15) is 11.4 Å². The van der Waals surface area contributed by atoms with Crippen molar-refractivity contribution in [3.05, 3.63) is 47.9 Å². The quantitative estimate of drug-likeness (QED) is 0.653. The fourth-order valence-electron chi connectivity index (χ4n) is 2.48. The van der Waals surface area contributed by atoms with Crippen molar-refractivity contribution in [3.63, 3.8) is 0 Å². The minimum atomic E-state index is -0.151. The summed E-state index contributed by atoms with van der Waals surface area (Å²) in [6, 6.07) is 7.60. The first-order valence-electron chi connectivity index (χ1n) is 7.29. The maximum absolute atomic E-state index is 11.9. The standard InChI is InChI=1S/C16H18N4O2/c1-2-22-14-5-3-4-12-15(14)11(10-18-12)6-8-17-16(21)13-7-9-19-20-13/h3-5,7,9-10,18H,2,6,8H2,1H3,(H,17,21)(H,19,20). The Morgan fingerprint density at radius 2 is 2.27 bits per heavy atom. The van der Waals surface area contributed by atoms with E-state index in [4.69, 9.17) is 4.74 Å². The molecule has 6 nitrogen and oxygen atoms in total. The summed E-state index contributed by atoms with van der Waals surface area (Å²) >= 11 is 0. The van der Waals surface area contributed by atoms with Crippen molar-refractivity contribution in [2.75, 3.05) is 13.2 Å². The van der Waals surface area contributed by atoms with Crippen molar-refractivity contribution in [1.29, 1.82) is 0 Å². The molecule has 3 rings (SSSR count). The van der Waals surface area contributed by atoms with Crippen molar-refractivity contribution in [1.82, 2.24) is 20.5 Å². The van der Waals surface area contributed by atoms with Gasteiger partial charge < -0.3 is 15.0 Å². The number of rotatable bonds is 6. The average Bonchev–Trinajstić information content (AvgIpc) is 3.17. The third kappa shape index (κ3) is 2.81. The lowest BCUT2D eigenvalue weighted by Crippen LogP contribution is -2.25. The highest BCUT2D eigenvalue weighted by Gasteiger charge is 2.10. The van der Waals surface area contributed by atoms with Crippen LogP contribution >= 0.6 is 0 Å². The molecule has 0 atom stereocenters. The van der Waals surface area contributed by atoms with Crippen LogP contribution in [0.25, 0.3) is 10.9 Å². The highest BCUT2D eigenvalue weighted by atomic mass is 16.5. The van der Waals surface area contributed by atoms with Crippen molar-refractivity contribution in [3.8, 4) is 5.75 Å². The molecule has 0 aliphatic carbocycles. The Kier molecular flexibility index (Phi) is 4.09. The number of benzene rings is 1. The van der Waals surface area contributed by atoms with Gasteiger partial charge in [0.15, 0.2) is 0 Å². The van der Waals surface area contributed by atoms with Gasteiger partial charge in [-0.05, 0) is 37.1 Å². The summed E-state index contributed by atoms with van der Waals surface area (Å²) in [5, 5.41) is 10.4. The minimum Gasteiger partial charge on any atom is -0.493 e. The zero-order chi connectivity index (χ0) is 15.4. The Morgan fingerprint density at radius 3 is 3.05 bits per heavy atom. The zero-order valence-electron chi connectivity index (χ0n) is 12.3. The molecule has 0 aliphatic rings. The molecule has 0 saturated heterocycles. The largest absolute Gasteiger partial charge is 0.493 e. The van der Waals surface area contributed by atoms with Gasteiger partial charge in [-0.15, -0.1) is 0 Å². The molecule has 2 aromatic heterocycles. The maximum Gasteiger partial charge on any atom is 0.269 e. The number of nitrogens with zero attached hydrogens (tertiary/aromatic N) is 1. The summed E-state index contributed by atoms with van der Waals surface area (Å²) < 4.78 is 5.68. The third-order valence-corrected chi connectivity index (χ3v) is 3.47. The van der Waals surface area contributed by atoms with E-state index in [0.717, 1.165) is 28.6 Å². The second kappa shape index (κ2) is 6.34. The van der Waals surface area contributed by atoms with Gasteiger partial charge in [-0.25, -0.2) is 0 Å². The number of aromatic nitrogens is 3. The van der Waals surface area contributed by atoms with Gasteiger partial charge in [0, 0.05) is 29.8 Å². The van der Waals surface area contributed by atoms with Gasteiger partial charge in [0.05, 0.1) is 6.61 Å². The fraction of sp³-hybridized carbons (Fsp3) is 0.250. The molecular formula is C16H18N4O2. The number of fused-ring (bicyclic) bond motifs is 1. The van der Waals surface area contributed by atoms with E-state index in [-0.39, 0.29) is 5.91 Å². The van der Waals surface area contributed by atoms with E-state index in [0.29, 0.717) is 18.8 Å². The summed E-state index contributed by atoms with van der Waals surface area (Å²) in [4.78, 5) is 15.1. The Hall–Kier alpha value is -2.76. The highest BCUT2D eigenvalue weighted by Crippen LogP contribution is 2.28. The van der Waals surface area contributed by atoms with Gasteiger partial charge in [0.2, 0.25) is 0 Å². The van der Waals surface area contributed by atoms with E-state index in [9.17, 15) is 4.79 Å². The Balaban J connectivity index is 1.70. The van der Waals surface area contributed by atoms with Crippen molar-refractivity contribution in [2.24, 2.45) is 0 Å². The second-order valence-corrected chi connectivity index (χ2v) is 4.90. The molecule has 0 unspecified atom stereocenters. The van der Waals surface area contributed by atoms with E-state index in [2.05, 4.69) is 20.5 Å². The molecule has 6 heteroatoms. The van der Waals surface area contributed by atoms with Crippen LogP contribution in [0.3, 0.4) is 0 Å². The van der Waals surface area contributed by atoms with Crippen molar-refractivity contribution >= 4 is 16.8 Å². The predicted molar refractivity (Wildman–Crippen MR) is 84.1 cm³/mol. The number of hydrogen-bond acceptors (Lipinski definition) is 3. The second-order valence-electron chi connectivity index (χ2n) is 4.90. The molecular weight excluding hydrogens is 280 g/mol. The van der Waals surface area contributed by atoms with E-state index in [1.807, 2.05) is 31.3 Å². The van der Waals surface area contributed by atoms with Crippen LogP contribution in [0.2, 0.25) is 0 Å². The first-order valence-corrected chi connectivity index (χ1v) is 7.29. The molecule has 1 amide bonds. The van der Waals surface area contributed by atoms with Crippen molar-refractivity contribution < 1.29 is 9.53 Å². The normalized spacial score (nSPS) is 10.8. The number of hydrogen-bond donors (Lipinski definition) is 3. The Morgan fingerprint density at radius 1 is 1.36 bits per heavy atom. The number of H-pyrrole nitrogens is 2. The van der Waals surface area contributed by atoms with Crippen molar-refractivity contribution in [2.45, 2.75) is 13.3 Å². The molecule has 0 spiro atoms. The molecule has 0 aliphatic heterocycles. The summed E-state index contributed by atoms with van der Waals surface area (Å²) in [6.07, 6.45) is 4.25. The van der Waals surface area contributed by atoms with Gasteiger partial charge >= 0.3 is 0 Å². The monoisotopic (exact) mass is 298 g/mol. The molecule has 0 saturated carbocycles. The summed E-state index contributed by atoms with van der Waals surface area (Å²) in [5.74, 6) is 0.721. The SMILES string of the molecule is CCOc1cccc2[nH]cc(CCNC(=O)c3ccn[nH]3)c12. The number of nitrogens with one attached hydrogen (secondary N) is 3. The highest BCUT2D eigenvalue weighted by molar-refractivity contribution is 5.92. The van der Waals surface area contributed by atoms with Gasteiger partial charge in [0.25, 0.3) is 5.91 Å². The lowest BCUT2D eigenvalue weighted by atomic mass is 10.1. The van der Waals surface area contributed by atoms with E-state index >= 15 is 0 Å². The Labute approximate surface area is 127 Å². The molecule has 1 aromatic carbocycles. The molecule has 22 heavy (non-hydrogen) atoms. The third-order valence-electron chi connectivity index (χ3n) is 3.47. The summed E-state index contributed by atoms with van der Waals surface area (Å²) in [6.45, 7) is 3.14. The smallest absolute Gasteiger partial charge is 0.269 e. The summed E-state index contributed by atoms with van der Waals surface area (Å²) in [5.41, 5.74) is 2.64. The van der Waals surface area contributed by atoms with Crippen LogP contribution in [0.1, 0.15) is 23.0 Å². The number of carbonyl (C=O) groups is 1. The molecule has 2 heterocycles. The van der Waals surface area contributed by atoms with E-state index < -0.39 is 0 Å². The average molecular weight is 298 g/mol. The number of amides is 1. The topological polar surface area (TPSA) is 82.8 Å². The maximum atomic E-state index is 11.9. The first-order chi connectivity index (χ1) is 10.8. The summed E-state index contributed by atoms with van der Waals surface area (Å²) in [7, 11) is 0. The molecule has 0 radical (unpaired) electrons. The minimum absolute atomic E-state index is 0.151. The Bertz CT molecular complexity index is 762. The van der Waals surface area contributed by atoms with E-state index in [1.54, 1.807) is 12.3 Å². The van der Waals surface area contributed by atoms with Gasteiger partial charge in [-0.3, -0.25) is 9.89 Å². The van der Waals surface area contributed by atoms with Gasteiger partial charge in [-0.1, -0.05) is 6.07 Å². The van der Waals surface area contributed by atoms with E-state index in [1.165, 1.54) is 0 Å². The number of aromatic amines is 2. The molecule has 3 aromatic rings. The molecule has 0 fully saturated rings. The fourth-order valence-corrected chi connectivity index (χ4v) is 2.48. The van der Waals surface area contributed by atoms with Crippen LogP contribution in [0.15, 0.2) is 36.7 Å². The molecule has 3 N–H and O–H groups in total. The predicted octanol–water partition coefficient (Wildman–Crippen LogP) is 2.26. The van der Waals surface area contributed by atoms with Gasteiger partial charge in [-0.2, -0.15) is 5.10 Å². The van der Waals surface area contributed by atoms with Crippen LogP contribution < -0.4 is 10.1 Å². The van der Waals surface area contributed by atoms with Crippen LogP contribution in [0, 0.1) is 0 Å². The van der Waals surface area contributed by atoms with Crippen LogP contribution in [-0.4, -0.2) is 34.2 Å². The zero-order valence-corrected chi connectivity index (χ0v) is 12.3. The first kappa shape index (κ1) is 14.2. The number of carbonyl (C=O) groups excluding carboxylic acids is 1. The lowest BCUT2D eigenvalue weighted by molar-refractivity contribution is 0.0949. The van der Waals surface area contributed by atoms with Crippen LogP contribution in [0.4, 0.5) is 0 Å². The lowest BCUT2D eigenvalue weighted by Gasteiger charge is -2.07. The molecule has 114 valence electrons. The van der Waals surface area contributed by atoms with Crippen LogP contribution in [-0.2, 0) is 6.42 Å². The van der Waals surface area contributed by atoms with Crippen LogP contribution in [0.5, 0.6) is 5.75 Å². The number of ether oxygens (including phenoxy) is 1.